The van der Waals surface area contributed by atoms with Crippen LogP contribution in [0.25, 0.3) is 20.9 Å². The van der Waals surface area contributed by atoms with E-state index in [4.69, 9.17) is 11.6 Å². The molecule has 0 fully saturated rings. The number of nitrogens with zero attached hydrogens (tertiary/aromatic N) is 3. The van der Waals surface area contributed by atoms with Gasteiger partial charge in [0.15, 0.2) is 5.82 Å². The van der Waals surface area contributed by atoms with Crippen LogP contribution in [0.1, 0.15) is 23.3 Å². The average molecular weight is 308 g/mol. The number of hydrogen-bond donors (Lipinski definition) is 0. The van der Waals surface area contributed by atoms with Gasteiger partial charge in [-0.1, -0.05) is 11.6 Å². The van der Waals surface area contributed by atoms with E-state index >= 15 is 0 Å². The van der Waals surface area contributed by atoms with Gasteiger partial charge in [0.05, 0.1) is 15.8 Å². The van der Waals surface area contributed by atoms with Gasteiger partial charge in [0, 0.05) is 11.1 Å². The third-order valence-corrected chi connectivity index (χ3v) is 5.65. The first-order valence-corrected chi connectivity index (χ1v) is 8.27. The molecule has 0 bridgehead atoms. The maximum Gasteiger partial charge on any atom is 0.174 e. The zero-order valence-electron chi connectivity index (χ0n) is 10.0. The second-order valence-electron chi connectivity index (χ2n) is 4.59. The van der Waals surface area contributed by atoms with Gasteiger partial charge in [0.2, 0.25) is 0 Å². The second kappa shape index (κ2) is 4.51. The molecule has 3 heterocycles. The van der Waals surface area contributed by atoms with Crippen molar-refractivity contribution in [2.75, 3.05) is 0 Å². The lowest BCUT2D eigenvalue weighted by Crippen LogP contribution is -1.98. The van der Waals surface area contributed by atoms with Crippen LogP contribution in [0.15, 0.2) is 11.7 Å². The summed E-state index contributed by atoms with van der Waals surface area (Å²) < 4.78 is 0. The Morgan fingerprint density at radius 2 is 2.05 bits per heavy atom. The Morgan fingerprint density at radius 3 is 2.89 bits per heavy atom. The van der Waals surface area contributed by atoms with Crippen LogP contribution < -0.4 is 0 Å². The SMILES string of the molecule is Clc1nc(-c2cncs2)nc2sc3c(c12)CCCC3. The Labute approximate surface area is 123 Å². The number of rotatable bonds is 1. The van der Waals surface area contributed by atoms with E-state index in [2.05, 4.69) is 15.0 Å². The predicted molar refractivity (Wildman–Crippen MR) is 80.2 cm³/mol. The molecule has 19 heavy (non-hydrogen) atoms. The molecule has 0 spiro atoms. The van der Waals surface area contributed by atoms with Crippen molar-refractivity contribution < 1.29 is 0 Å². The summed E-state index contributed by atoms with van der Waals surface area (Å²) in [5, 5.41) is 1.67. The summed E-state index contributed by atoms with van der Waals surface area (Å²) in [5.41, 5.74) is 3.17. The number of thiophene rings is 1. The van der Waals surface area contributed by atoms with E-state index in [1.165, 1.54) is 34.6 Å². The van der Waals surface area contributed by atoms with Gasteiger partial charge in [-0.15, -0.1) is 22.7 Å². The molecule has 0 amide bonds. The lowest BCUT2D eigenvalue weighted by molar-refractivity contribution is 0.700. The van der Waals surface area contributed by atoms with Gasteiger partial charge in [-0.2, -0.15) is 0 Å². The van der Waals surface area contributed by atoms with E-state index in [0.717, 1.165) is 27.9 Å². The van der Waals surface area contributed by atoms with Crippen molar-refractivity contribution in [3.05, 3.63) is 27.3 Å². The molecule has 0 saturated heterocycles. The first-order chi connectivity index (χ1) is 9.33. The van der Waals surface area contributed by atoms with Gasteiger partial charge in [-0.25, -0.2) is 9.97 Å². The molecule has 0 aliphatic heterocycles. The number of aromatic nitrogens is 3. The highest BCUT2D eigenvalue weighted by atomic mass is 35.5. The second-order valence-corrected chi connectivity index (χ2v) is 6.92. The molecule has 0 atom stereocenters. The smallest absolute Gasteiger partial charge is 0.174 e. The Hall–Kier alpha value is -1.04. The number of hydrogen-bond acceptors (Lipinski definition) is 5. The van der Waals surface area contributed by atoms with Crippen LogP contribution >= 0.6 is 34.3 Å². The van der Waals surface area contributed by atoms with Gasteiger partial charge in [0.25, 0.3) is 0 Å². The zero-order chi connectivity index (χ0) is 12.8. The van der Waals surface area contributed by atoms with Gasteiger partial charge in [-0.05, 0) is 31.2 Å². The fraction of sp³-hybridized carbons (Fsp3) is 0.308. The summed E-state index contributed by atoms with van der Waals surface area (Å²) in [6, 6.07) is 0. The Kier molecular flexibility index (Phi) is 2.79. The number of halogens is 1. The molecule has 6 heteroatoms. The highest BCUT2D eigenvalue weighted by molar-refractivity contribution is 7.19. The average Bonchev–Trinajstić information content (AvgIpc) is 3.05. The van der Waals surface area contributed by atoms with Crippen molar-refractivity contribution in [3.8, 4) is 10.7 Å². The molecule has 3 aromatic rings. The molecule has 0 unspecified atom stereocenters. The van der Waals surface area contributed by atoms with Crippen molar-refractivity contribution in [2.24, 2.45) is 0 Å². The monoisotopic (exact) mass is 307 g/mol. The van der Waals surface area contributed by atoms with Crippen LogP contribution in [-0.4, -0.2) is 15.0 Å². The van der Waals surface area contributed by atoms with Gasteiger partial charge in [0.1, 0.15) is 9.98 Å². The third kappa shape index (κ3) is 1.88. The van der Waals surface area contributed by atoms with Crippen LogP contribution in [0, 0.1) is 0 Å². The van der Waals surface area contributed by atoms with Gasteiger partial charge < -0.3 is 0 Å². The van der Waals surface area contributed by atoms with Crippen LogP contribution in [0.2, 0.25) is 5.15 Å². The van der Waals surface area contributed by atoms with E-state index in [1.807, 2.05) is 0 Å². The standard InChI is InChI=1S/C13H10ClN3S2/c14-11-10-7-3-1-2-4-8(7)19-13(10)17-12(16-11)9-5-15-6-18-9/h5-6H,1-4H2. The minimum atomic E-state index is 0.591. The van der Waals surface area contributed by atoms with Crippen LogP contribution in [0.3, 0.4) is 0 Å². The van der Waals surface area contributed by atoms with Gasteiger partial charge >= 0.3 is 0 Å². The fourth-order valence-corrected chi connectivity index (χ4v) is 4.70. The summed E-state index contributed by atoms with van der Waals surface area (Å²) in [6.45, 7) is 0. The van der Waals surface area contributed by atoms with E-state index in [1.54, 1.807) is 23.0 Å². The lowest BCUT2D eigenvalue weighted by atomic mass is 9.97. The molecule has 96 valence electrons. The number of aryl methyl sites for hydroxylation is 2. The Balaban J connectivity index is 1.98. The van der Waals surface area contributed by atoms with Crippen molar-refractivity contribution in [1.82, 2.24) is 15.0 Å². The summed E-state index contributed by atoms with van der Waals surface area (Å²) in [6.07, 6.45) is 6.56. The van der Waals surface area contributed by atoms with Crippen molar-refractivity contribution in [3.63, 3.8) is 0 Å². The molecule has 3 aromatic heterocycles. The minimum absolute atomic E-state index is 0.591. The third-order valence-electron chi connectivity index (χ3n) is 3.42. The number of thiazole rings is 1. The fourth-order valence-electron chi connectivity index (χ4n) is 2.55. The summed E-state index contributed by atoms with van der Waals surface area (Å²) >= 11 is 9.71. The van der Waals surface area contributed by atoms with Crippen molar-refractivity contribution >= 4 is 44.5 Å². The normalized spacial score (nSPS) is 14.8. The van der Waals surface area contributed by atoms with Crippen LogP contribution in [0.5, 0.6) is 0 Å². The van der Waals surface area contributed by atoms with E-state index in [0.29, 0.717) is 11.0 Å². The maximum absolute atomic E-state index is 6.40. The summed E-state index contributed by atoms with van der Waals surface area (Å²) in [7, 11) is 0. The first-order valence-electron chi connectivity index (χ1n) is 6.19. The molecule has 0 radical (unpaired) electrons. The van der Waals surface area contributed by atoms with E-state index < -0.39 is 0 Å². The maximum atomic E-state index is 6.40. The van der Waals surface area contributed by atoms with Crippen LogP contribution in [0.4, 0.5) is 0 Å². The van der Waals surface area contributed by atoms with Gasteiger partial charge in [-0.3, -0.25) is 4.98 Å². The summed E-state index contributed by atoms with van der Waals surface area (Å²) in [4.78, 5) is 16.6. The predicted octanol–water partition coefficient (Wildman–Crippen LogP) is 4.35. The summed E-state index contributed by atoms with van der Waals surface area (Å²) in [5.74, 6) is 0.693. The molecule has 4 rings (SSSR count). The molecular formula is C13H10ClN3S2. The van der Waals surface area contributed by atoms with E-state index in [9.17, 15) is 0 Å². The molecule has 0 aromatic carbocycles. The zero-order valence-corrected chi connectivity index (χ0v) is 12.4. The Morgan fingerprint density at radius 1 is 1.16 bits per heavy atom. The topological polar surface area (TPSA) is 38.7 Å². The van der Waals surface area contributed by atoms with Crippen molar-refractivity contribution in [2.45, 2.75) is 25.7 Å². The molecule has 3 nitrogen and oxygen atoms in total. The highest BCUT2D eigenvalue weighted by Gasteiger charge is 2.20. The number of fused-ring (bicyclic) bond motifs is 3. The quantitative estimate of drug-likeness (QED) is 0.627. The van der Waals surface area contributed by atoms with Crippen molar-refractivity contribution in [1.29, 1.82) is 0 Å². The molecule has 1 aliphatic carbocycles. The minimum Gasteiger partial charge on any atom is -0.252 e. The highest BCUT2D eigenvalue weighted by Crippen LogP contribution is 2.39. The molecule has 0 saturated carbocycles. The Bertz CT molecular complexity index is 749. The largest absolute Gasteiger partial charge is 0.252 e. The van der Waals surface area contributed by atoms with Crippen LogP contribution in [-0.2, 0) is 12.8 Å². The molecule has 1 aliphatic rings. The van der Waals surface area contributed by atoms with E-state index in [-0.39, 0.29) is 0 Å². The molecular weight excluding hydrogens is 298 g/mol. The lowest BCUT2D eigenvalue weighted by Gasteiger charge is -2.10. The molecule has 0 N–H and O–H groups in total. The first kappa shape index (κ1) is 11.8.